The summed E-state index contributed by atoms with van der Waals surface area (Å²) in [5.41, 5.74) is 0.276. The van der Waals surface area contributed by atoms with E-state index in [1.54, 1.807) is 0 Å². The van der Waals surface area contributed by atoms with Crippen molar-refractivity contribution < 1.29 is 4.79 Å². The van der Waals surface area contributed by atoms with Crippen LogP contribution in [0.3, 0.4) is 0 Å². The predicted molar refractivity (Wildman–Crippen MR) is 48.9 cm³/mol. The molecule has 2 rings (SSSR count). The highest BCUT2D eigenvalue weighted by Gasteiger charge is 2.57. The fraction of sp³-hybridized carbons (Fsp3) is 0.909. The van der Waals surface area contributed by atoms with Crippen LogP contribution in [0.15, 0.2) is 0 Å². The van der Waals surface area contributed by atoms with Crippen molar-refractivity contribution in [2.75, 3.05) is 0 Å². The Morgan fingerprint density at radius 3 is 2.50 bits per heavy atom. The van der Waals surface area contributed by atoms with Gasteiger partial charge in [-0.25, -0.2) is 0 Å². The molecular weight excluding hydrogens is 148 g/mol. The second-order valence-electron chi connectivity index (χ2n) is 5.25. The molecule has 2 saturated carbocycles. The number of Topliss-reactive ketones (excluding diaryl/α,β-unsaturated/α-hetero) is 1. The molecular formula is C11H18O. The van der Waals surface area contributed by atoms with Gasteiger partial charge in [-0.15, -0.1) is 0 Å². The molecule has 0 aliphatic heterocycles. The molecule has 0 aromatic carbocycles. The molecule has 0 aromatic heterocycles. The number of ketones is 1. The van der Waals surface area contributed by atoms with Crippen LogP contribution in [-0.4, -0.2) is 5.78 Å². The lowest BCUT2D eigenvalue weighted by molar-refractivity contribution is -0.137. The molecule has 12 heavy (non-hydrogen) atoms. The van der Waals surface area contributed by atoms with Crippen molar-refractivity contribution in [2.45, 2.75) is 46.5 Å². The van der Waals surface area contributed by atoms with E-state index in [0.717, 1.165) is 25.2 Å². The Bertz CT molecular complexity index is 229. The Hall–Kier alpha value is -0.330. The maximum absolute atomic E-state index is 11.8. The molecule has 0 saturated heterocycles. The number of fused-ring (bicyclic) bond motifs is 2. The van der Waals surface area contributed by atoms with E-state index in [-0.39, 0.29) is 10.8 Å². The maximum Gasteiger partial charge on any atom is 0.139 e. The fourth-order valence-electron chi connectivity index (χ4n) is 3.18. The van der Waals surface area contributed by atoms with Crippen LogP contribution in [0.5, 0.6) is 0 Å². The topological polar surface area (TPSA) is 17.1 Å². The fourth-order valence-corrected chi connectivity index (χ4v) is 3.18. The average molecular weight is 166 g/mol. The van der Waals surface area contributed by atoms with Gasteiger partial charge in [0.2, 0.25) is 0 Å². The van der Waals surface area contributed by atoms with E-state index in [4.69, 9.17) is 0 Å². The van der Waals surface area contributed by atoms with Crippen molar-refractivity contribution >= 4 is 5.78 Å². The molecule has 0 radical (unpaired) electrons. The molecule has 1 nitrogen and oxygen atoms in total. The normalized spacial score (nSPS) is 44.9. The van der Waals surface area contributed by atoms with E-state index < -0.39 is 0 Å². The second-order valence-corrected chi connectivity index (χ2v) is 5.25. The van der Waals surface area contributed by atoms with Gasteiger partial charge in [-0.05, 0) is 30.6 Å². The van der Waals surface area contributed by atoms with Gasteiger partial charge < -0.3 is 0 Å². The number of carbonyl (C=O) groups is 1. The first-order valence-electron chi connectivity index (χ1n) is 5.02. The van der Waals surface area contributed by atoms with E-state index >= 15 is 0 Å². The molecule has 1 heteroatoms. The van der Waals surface area contributed by atoms with Crippen molar-refractivity contribution in [3.05, 3.63) is 0 Å². The molecule has 2 atom stereocenters. The number of rotatable bonds is 0. The van der Waals surface area contributed by atoms with E-state index in [0.29, 0.717) is 5.78 Å². The molecule has 2 fully saturated rings. The van der Waals surface area contributed by atoms with Gasteiger partial charge in [0.25, 0.3) is 0 Å². The van der Waals surface area contributed by atoms with Gasteiger partial charge in [0.05, 0.1) is 0 Å². The van der Waals surface area contributed by atoms with Gasteiger partial charge >= 0.3 is 0 Å². The number of hydrogen-bond acceptors (Lipinski definition) is 1. The molecule has 0 heterocycles. The molecule has 2 aliphatic carbocycles. The minimum atomic E-state index is 0.00984. The summed E-state index contributed by atoms with van der Waals surface area (Å²) in [6.45, 7) is 6.73. The average Bonchev–Trinajstić information content (AvgIpc) is 2.17. The van der Waals surface area contributed by atoms with Gasteiger partial charge in [-0.2, -0.15) is 0 Å². The van der Waals surface area contributed by atoms with Crippen molar-refractivity contribution in [3.63, 3.8) is 0 Å². The van der Waals surface area contributed by atoms with Crippen molar-refractivity contribution in [1.29, 1.82) is 0 Å². The standard InChI is InChI=1S/C11H18O/c1-10(2)8-4-5-9(12)11(10,3)7-6-8/h8H,4-7H2,1-3H3/t8-,11-/m1/s1. The first-order valence-corrected chi connectivity index (χ1v) is 5.02. The van der Waals surface area contributed by atoms with Crippen LogP contribution in [0.4, 0.5) is 0 Å². The van der Waals surface area contributed by atoms with Gasteiger partial charge in [0, 0.05) is 11.8 Å². The molecule has 2 bridgehead atoms. The highest BCUT2D eigenvalue weighted by atomic mass is 16.1. The summed E-state index contributed by atoms with van der Waals surface area (Å²) in [5, 5.41) is 0. The molecule has 0 unspecified atom stereocenters. The third-order valence-corrected chi connectivity index (χ3v) is 4.77. The number of carbonyl (C=O) groups excluding carboxylic acids is 1. The minimum absolute atomic E-state index is 0.00984. The number of hydrogen-bond donors (Lipinski definition) is 0. The SMILES string of the molecule is CC1(C)[C@@H]2CCC(=O)[C@@]1(C)CC2. The second kappa shape index (κ2) is 2.12. The van der Waals surface area contributed by atoms with E-state index in [1.807, 2.05) is 0 Å². The summed E-state index contributed by atoms with van der Waals surface area (Å²) >= 11 is 0. The van der Waals surface area contributed by atoms with Gasteiger partial charge in [-0.1, -0.05) is 20.8 Å². The zero-order valence-corrected chi connectivity index (χ0v) is 8.31. The Balaban J connectivity index is 2.43. The van der Waals surface area contributed by atoms with Crippen molar-refractivity contribution in [1.82, 2.24) is 0 Å². The van der Waals surface area contributed by atoms with Crippen LogP contribution in [0.1, 0.15) is 46.5 Å². The summed E-state index contributed by atoms with van der Waals surface area (Å²) in [6, 6.07) is 0. The smallest absolute Gasteiger partial charge is 0.139 e. The highest BCUT2D eigenvalue weighted by molar-refractivity contribution is 5.86. The maximum atomic E-state index is 11.8. The van der Waals surface area contributed by atoms with E-state index in [9.17, 15) is 4.79 Å². The lowest BCUT2D eigenvalue weighted by atomic mass is 9.59. The summed E-state index contributed by atoms with van der Waals surface area (Å²) < 4.78 is 0. The van der Waals surface area contributed by atoms with Gasteiger partial charge in [0.1, 0.15) is 5.78 Å². The third-order valence-electron chi connectivity index (χ3n) is 4.77. The monoisotopic (exact) mass is 166 g/mol. The van der Waals surface area contributed by atoms with Crippen LogP contribution in [0.25, 0.3) is 0 Å². The quantitative estimate of drug-likeness (QED) is 0.541. The summed E-state index contributed by atoms with van der Waals surface area (Å²) in [7, 11) is 0. The van der Waals surface area contributed by atoms with Crippen LogP contribution in [0, 0.1) is 16.7 Å². The largest absolute Gasteiger partial charge is 0.299 e. The molecule has 0 amide bonds. The lowest BCUT2D eigenvalue weighted by Crippen LogP contribution is -2.44. The van der Waals surface area contributed by atoms with Crippen molar-refractivity contribution in [3.8, 4) is 0 Å². The van der Waals surface area contributed by atoms with Crippen LogP contribution in [0.2, 0.25) is 0 Å². The molecule has 68 valence electrons. The molecule has 0 aromatic rings. The summed E-state index contributed by atoms with van der Waals surface area (Å²) in [5.74, 6) is 1.32. The third kappa shape index (κ3) is 0.725. The molecule has 0 N–H and O–H groups in total. The first-order chi connectivity index (χ1) is 5.48. The zero-order valence-electron chi connectivity index (χ0n) is 8.31. The van der Waals surface area contributed by atoms with Crippen molar-refractivity contribution in [2.24, 2.45) is 16.7 Å². The van der Waals surface area contributed by atoms with E-state index in [2.05, 4.69) is 20.8 Å². The Labute approximate surface area is 74.5 Å². The lowest BCUT2D eigenvalue weighted by Gasteiger charge is -2.44. The van der Waals surface area contributed by atoms with Gasteiger partial charge in [0.15, 0.2) is 0 Å². The van der Waals surface area contributed by atoms with Crippen LogP contribution in [-0.2, 0) is 4.79 Å². The molecule has 0 spiro atoms. The Morgan fingerprint density at radius 1 is 1.25 bits per heavy atom. The minimum Gasteiger partial charge on any atom is -0.299 e. The molecule has 2 aliphatic rings. The Kier molecular flexibility index (Phi) is 1.47. The van der Waals surface area contributed by atoms with Crippen LogP contribution < -0.4 is 0 Å². The Morgan fingerprint density at radius 2 is 1.92 bits per heavy atom. The summed E-state index contributed by atoms with van der Waals surface area (Å²) in [6.07, 6.45) is 4.38. The van der Waals surface area contributed by atoms with Gasteiger partial charge in [-0.3, -0.25) is 4.79 Å². The predicted octanol–water partition coefficient (Wildman–Crippen LogP) is 2.79. The summed E-state index contributed by atoms with van der Waals surface area (Å²) in [4.78, 5) is 11.8. The first kappa shape index (κ1) is 8.28. The highest BCUT2D eigenvalue weighted by Crippen LogP contribution is 2.61. The van der Waals surface area contributed by atoms with E-state index in [1.165, 1.54) is 6.42 Å². The zero-order chi connectivity index (χ0) is 8.98. The van der Waals surface area contributed by atoms with Crippen LogP contribution >= 0.6 is 0 Å².